The number of benzene rings is 2. The van der Waals surface area contributed by atoms with Gasteiger partial charge in [-0.25, -0.2) is 4.39 Å². The minimum atomic E-state index is -0.307. The summed E-state index contributed by atoms with van der Waals surface area (Å²) in [6.07, 6.45) is 6.32. The van der Waals surface area contributed by atoms with Crippen molar-refractivity contribution in [3.8, 4) is 28.5 Å². The normalized spacial score (nSPS) is 12.0. The van der Waals surface area contributed by atoms with Crippen molar-refractivity contribution in [3.05, 3.63) is 87.1 Å². The Labute approximate surface area is 205 Å². The topological polar surface area (TPSA) is 69.6 Å². The number of furan rings is 1. The zero-order chi connectivity index (χ0) is 24.2. The van der Waals surface area contributed by atoms with Crippen LogP contribution in [0.15, 0.2) is 69.9 Å². The summed E-state index contributed by atoms with van der Waals surface area (Å²) < 4.78 is 26.5. The number of thiazole rings is 1. The molecule has 0 saturated heterocycles. The number of fused-ring (bicyclic) bond motifs is 1. The minimum Gasteiger partial charge on any atom is -0.494 e. The molecule has 0 fully saturated rings. The van der Waals surface area contributed by atoms with Gasteiger partial charge in [0.05, 0.1) is 6.61 Å². The lowest BCUT2D eigenvalue weighted by Crippen LogP contribution is -2.23. The fourth-order valence-corrected chi connectivity index (χ4v) is 4.59. The molecular formula is C27H24FN3O3S. The van der Waals surface area contributed by atoms with Crippen LogP contribution in [0.5, 0.6) is 5.75 Å². The van der Waals surface area contributed by atoms with Gasteiger partial charge in [-0.05, 0) is 67.1 Å². The summed E-state index contributed by atoms with van der Waals surface area (Å²) in [5, 5.41) is 4.41. The first-order valence-electron chi connectivity index (χ1n) is 11.6. The molecule has 0 unspecified atom stereocenters. The van der Waals surface area contributed by atoms with Crippen LogP contribution in [0.3, 0.4) is 0 Å². The molecular weight excluding hydrogens is 465 g/mol. The Morgan fingerprint density at radius 1 is 1.00 bits per heavy atom. The molecule has 2 aromatic carbocycles. The molecule has 3 aromatic heterocycles. The molecule has 35 heavy (non-hydrogen) atoms. The highest BCUT2D eigenvalue weighted by atomic mass is 32.1. The Hall–Kier alpha value is -3.78. The van der Waals surface area contributed by atoms with Crippen molar-refractivity contribution in [1.82, 2.24) is 14.6 Å². The van der Waals surface area contributed by atoms with Crippen LogP contribution in [-0.2, 0) is 0 Å². The first-order chi connectivity index (χ1) is 17.1. The maximum absolute atomic E-state index is 13.2. The number of unbranched alkanes of at least 4 members (excludes halogenated alkanes) is 3. The summed E-state index contributed by atoms with van der Waals surface area (Å²) >= 11 is 1.25. The van der Waals surface area contributed by atoms with Gasteiger partial charge in [0.15, 0.2) is 5.82 Å². The van der Waals surface area contributed by atoms with Gasteiger partial charge in [0, 0.05) is 17.2 Å². The van der Waals surface area contributed by atoms with Gasteiger partial charge in [-0.3, -0.25) is 4.79 Å². The van der Waals surface area contributed by atoms with Crippen LogP contribution in [0.25, 0.3) is 33.7 Å². The molecule has 0 saturated carbocycles. The molecule has 0 amide bonds. The van der Waals surface area contributed by atoms with Crippen molar-refractivity contribution < 1.29 is 13.5 Å². The standard InChI is InChI=1S/C27H24FN3O3S/c1-2-3-4-5-16-33-21-12-8-19(9-13-21)25-29-27-31(30-25)26(32)24(35-27)17-22-14-15-23(34-22)18-6-10-20(28)11-7-18/h6-15,17H,2-5,16H2,1H3/b24-17+. The number of hydrogen-bond acceptors (Lipinski definition) is 6. The summed E-state index contributed by atoms with van der Waals surface area (Å²) in [6, 6.07) is 17.2. The molecule has 0 aliphatic carbocycles. The third kappa shape index (κ3) is 5.17. The Morgan fingerprint density at radius 2 is 1.77 bits per heavy atom. The maximum atomic E-state index is 13.2. The second kappa shape index (κ2) is 10.2. The molecule has 0 N–H and O–H groups in total. The summed E-state index contributed by atoms with van der Waals surface area (Å²) in [5.41, 5.74) is 1.32. The van der Waals surface area contributed by atoms with Gasteiger partial charge < -0.3 is 9.15 Å². The highest BCUT2D eigenvalue weighted by Gasteiger charge is 2.13. The Morgan fingerprint density at radius 3 is 2.51 bits per heavy atom. The molecule has 0 bridgehead atoms. The van der Waals surface area contributed by atoms with Gasteiger partial charge in [0.25, 0.3) is 5.56 Å². The molecule has 0 aliphatic rings. The van der Waals surface area contributed by atoms with E-state index in [1.807, 2.05) is 24.3 Å². The van der Waals surface area contributed by atoms with Gasteiger partial charge in [0.1, 0.15) is 27.6 Å². The summed E-state index contributed by atoms with van der Waals surface area (Å²) in [4.78, 5) is 17.9. The van der Waals surface area contributed by atoms with Crippen LogP contribution in [0.2, 0.25) is 0 Å². The Bertz CT molecular complexity index is 1540. The minimum absolute atomic E-state index is 0.254. The Kier molecular flexibility index (Phi) is 6.72. The molecule has 3 heterocycles. The first-order valence-corrected chi connectivity index (χ1v) is 12.4. The largest absolute Gasteiger partial charge is 0.494 e. The molecule has 6 nitrogen and oxygen atoms in total. The van der Waals surface area contributed by atoms with Crippen molar-refractivity contribution in [2.45, 2.75) is 32.6 Å². The van der Waals surface area contributed by atoms with E-state index < -0.39 is 0 Å². The molecule has 5 rings (SSSR count). The molecule has 0 spiro atoms. The van der Waals surface area contributed by atoms with E-state index >= 15 is 0 Å². The third-order valence-corrected chi connectivity index (χ3v) is 6.55. The van der Waals surface area contributed by atoms with Crippen molar-refractivity contribution in [2.24, 2.45) is 0 Å². The second-order valence-corrected chi connectivity index (χ2v) is 9.20. The van der Waals surface area contributed by atoms with Crippen molar-refractivity contribution in [2.75, 3.05) is 6.61 Å². The monoisotopic (exact) mass is 489 g/mol. The molecule has 8 heteroatoms. The zero-order valence-electron chi connectivity index (χ0n) is 19.2. The van der Waals surface area contributed by atoms with Crippen molar-refractivity contribution in [1.29, 1.82) is 0 Å². The van der Waals surface area contributed by atoms with E-state index in [4.69, 9.17) is 9.15 Å². The van der Waals surface area contributed by atoms with Gasteiger partial charge >= 0.3 is 0 Å². The number of rotatable bonds is 9. The SMILES string of the molecule is CCCCCCOc1ccc(-c2nc3s/c(=C/c4ccc(-c5ccc(F)cc5)o4)c(=O)n3n2)cc1. The van der Waals surface area contributed by atoms with E-state index in [0.29, 0.717) is 33.4 Å². The smallest absolute Gasteiger partial charge is 0.291 e. The van der Waals surface area contributed by atoms with Gasteiger partial charge in [0.2, 0.25) is 4.96 Å². The molecule has 0 atom stereocenters. The quantitative estimate of drug-likeness (QED) is 0.248. The van der Waals surface area contributed by atoms with E-state index in [0.717, 1.165) is 23.3 Å². The lowest BCUT2D eigenvalue weighted by molar-refractivity contribution is 0.305. The predicted octanol–water partition coefficient (Wildman–Crippen LogP) is 5.72. The van der Waals surface area contributed by atoms with Crippen LogP contribution < -0.4 is 14.8 Å². The fraction of sp³-hybridized carbons (Fsp3) is 0.222. The Balaban J connectivity index is 1.32. The van der Waals surface area contributed by atoms with Crippen LogP contribution in [0.4, 0.5) is 4.39 Å². The first kappa shape index (κ1) is 23.0. The number of aromatic nitrogens is 3. The third-order valence-electron chi connectivity index (χ3n) is 5.59. The number of nitrogens with zero attached hydrogens (tertiary/aromatic N) is 3. The van der Waals surface area contributed by atoms with Gasteiger partial charge in [-0.15, -0.1) is 5.10 Å². The number of halogens is 1. The van der Waals surface area contributed by atoms with E-state index in [2.05, 4.69) is 17.0 Å². The van der Waals surface area contributed by atoms with E-state index in [-0.39, 0.29) is 11.4 Å². The highest BCUT2D eigenvalue weighted by molar-refractivity contribution is 7.15. The lowest BCUT2D eigenvalue weighted by Gasteiger charge is -2.06. The highest BCUT2D eigenvalue weighted by Crippen LogP contribution is 2.23. The maximum Gasteiger partial charge on any atom is 0.291 e. The van der Waals surface area contributed by atoms with Crippen LogP contribution in [0.1, 0.15) is 38.4 Å². The molecule has 5 aromatic rings. The average molecular weight is 490 g/mol. The average Bonchev–Trinajstić information content (AvgIpc) is 3.57. The number of hydrogen-bond donors (Lipinski definition) is 0. The fourth-order valence-electron chi connectivity index (χ4n) is 3.70. The zero-order valence-corrected chi connectivity index (χ0v) is 20.1. The lowest BCUT2D eigenvalue weighted by atomic mass is 10.2. The molecule has 0 aliphatic heterocycles. The van der Waals surface area contributed by atoms with E-state index in [1.165, 1.54) is 47.2 Å². The molecule has 178 valence electrons. The van der Waals surface area contributed by atoms with Crippen LogP contribution in [-0.4, -0.2) is 21.2 Å². The van der Waals surface area contributed by atoms with E-state index in [1.54, 1.807) is 30.3 Å². The summed E-state index contributed by atoms with van der Waals surface area (Å²) in [7, 11) is 0. The predicted molar refractivity (Wildman–Crippen MR) is 135 cm³/mol. The summed E-state index contributed by atoms with van der Waals surface area (Å²) in [6.45, 7) is 2.89. The second-order valence-electron chi connectivity index (χ2n) is 8.19. The van der Waals surface area contributed by atoms with E-state index in [9.17, 15) is 9.18 Å². The van der Waals surface area contributed by atoms with Gasteiger partial charge in [-0.1, -0.05) is 37.5 Å². The molecule has 0 radical (unpaired) electrons. The van der Waals surface area contributed by atoms with Crippen molar-refractivity contribution >= 4 is 22.4 Å². The van der Waals surface area contributed by atoms with Crippen LogP contribution in [0, 0.1) is 5.82 Å². The van der Waals surface area contributed by atoms with Gasteiger partial charge in [-0.2, -0.15) is 9.50 Å². The number of ether oxygens (including phenoxy) is 1. The summed E-state index contributed by atoms with van der Waals surface area (Å²) in [5.74, 6) is 2.12. The van der Waals surface area contributed by atoms with Crippen molar-refractivity contribution in [3.63, 3.8) is 0 Å². The van der Waals surface area contributed by atoms with Crippen LogP contribution >= 0.6 is 11.3 Å².